The first-order valence-electron chi connectivity index (χ1n) is 8.24. The van der Waals surface area contributed by atoms with Crippen LogP contribution in [0.2, 0.25) is 0 Å². The number of amides is 1. The van der Waals surface area contributed by atoms with Crippen molar-refractivity contribution in [1.29, 1.82) is 0 Å². The minimum atomic E-state index is -1.14. The van der Waals surface area contributed by atoms with Gasteiger partial charge in [0.05, 0.1) is 12.1 Å². The molecule has 3 rings (SSSR count). The van der Waals surface area contributed by atoms with E-state index in [-0.39, 0.29) is 11.6 Å². The lowest BCUT2D eigenvalue weighted by Gasteiger charge is -2.11. The molecule has 0 bridgehead atoms. The van der Waals surface area contributed by atoms with Gasteiger partial charge >= 0.3 is 5.97 Å². The molecule has 7 heteroatoms. The summed E-state index contributed by atoms with van der Waals surface area (Å²) in [5.41, 5.74) is 2.85. The third-order valence-corrected chi connectivity index (χ3v) is 4.05. The highest BCUT2D eigenvalue weighted by Gasteiger charge is 2.15. The van der Waals surface area contributed by atoms with Crippen LogP contribution in [0.25, 0.3) is 10.9 Å². The quantitative estimate of drug-likeness (QED) is 0.606. The summed E-state index contributed by atoms with van der Waals surface area (Å²) in [4.78, 5) is 23.7. The van der Waals surface area contributed by atoms with Gasteiger partial charge in [-0.05, 0) is 36.2 Å². The molecule has 0 fully saturated rings. The number of carbonyl (C=O) groups excluding carboxylic acids is 1. The van der Waals surface area contributed by atoms with Crippen molar-refractivity contribution in [2.45, 2.75) is 20.1 Å². The van der Waals surface area contributed by atoms with E-state index < -0.39 is 5.97 Å². The van der Waals surface area contributed by atoms with Gasteiger partial charge < -0.3 is 15.2 Å². The Morgan fingerprint density at radius 3 is 2.69 bits per heavy atom. The maximum atomic E-state index is 12.5. The Kier molecular flexibility index (Phi) is 5.28. The molecule has 1 heterocycles. The zero-order valence-corrected chi connectivity index (χ0v) is 14.3. The molecule has 3 aromatic rings. The van der Waals surface area contributed by atoms with E-state index in [2.05, 4.69) is 15.5 Å². The van der Waals surface area contributed by atoms with Crippen LogP contribution in [0.1, 0.15) is 38.9 Å². The van der Waals surface area contributed by atoms with E-state index >= 15 is 0 Å². The van der Waals surface area contributed by atoms with Gasteiger partial charge in [0.25, 0.3) is 5.91 Å². The van der Waals surface area contributed by atoms with Crippen LogP contribution in [0, 0.1) is 0 Å². The molecule has 1 amide bonds. The number of ether oxygens (including phenoxy) is 1. The number of hydrogen-bond donors (Lipinski definition) is 3. The molecule has 7 nitrogen and oxygen atoms in total. The number of benzene rings is 2. The summed E-state index contributed by atoms with van der Waals surface area (Å²) >= 11 is 0. The normalized spacial score (nSPS) is 10.8. The molecule has 0 aliphatic carbocycles. The number of nitrogens with zero attached hydrogens (tertiary/aromatic N) is 1. The van der Waals surface area contributed by atoms with Crippen molar-refractivity contribution < 1.29 is 19.4 Å². The molecule has 1 aromatic heterocycles. The van der Waals surface area contributed by atoms with Crippen LogP contribution in [0.4, 0.5) is 0 Å². The molecule has 134 valence electrons. The van der Waals surface area contributed by atoms with Gasteiger partial charge in [0.2, 0.25) is 0 Å². The molecule has 0 atom stereocenters. The van der Waals surface area contributed by atoms with Crippen LogP contribution < -0.4 is 5.32 Å². The number of aromatic nitrogens is 2. The Bertz CT molecular complexity index is 949. The Labute approximate surface area is 150 Å². The molecule has 2 aromatic carbocycles. The zero-order chi connectivity index (χ0) is 18.5. The maximum Gasteiger partial charge on any atom is 0.357 e. The van der Waals surface area contributed by atoms with Crippen LogP contribution in [-0.4, -0.2) is 33.8 Å². The van der Waals surface area contributed by atoms with Gasteiger partial charge in [-0.3, -0.25) is 9.89 Å². The highest BCUT2D eigenvalue weighted by Crippen LogP contribution is 2.18. The lowest BCUT2D eigenvalue weighted by atomic mass is 10.1. The molecule has 0 aliphatic rings. The fraction of sp³-hybridized carbons (Fsp3) is 0.211. The van der Waals surface area contributed by atoms with Crippen LogP contribution in [0.5, 0.6) is 0 Å². The molecule has 26 heavy (non-hydrogen) atoms. The van der Waals surface area contributed by atoms with Crippen LogP contribution in [0.3, 0.4) is 0 Å². The smallest absolute Gasteiger partial charge is 0.357 e. The number of carboxylic acids is 1. The van der Waals surface area contributed by atoms with Crippen molar-refractivity contribution in [1.82, 2.24) is 15.5 Å². The van der Waals surface area contributed by atoms with E-state index in [0.717, 1.165) is 11.1 Å². The number of aromatic amines is 1. The van der Waals surface area contributed by atoms with Gasteiger partial charge in [-0.25, -0.2) is 4.79 Å². The third kappa shape index (κ3) is 3.73. The van der Waals surface area contributed by atoms with Gasteiger partial charge in [0.1, 0.15) is 0 Å². The molecule has 0 unspecified atom stereocenters. The largest absolute Gasteiger partial charge is 0.476 e. The highest BCUT2D eigenvalue weighted by atomic mass is 16.5. The first kappa shape index (κ1) is 17.6. The van der Waals surface area contributed by atoms with Crippen LogP contribution >= 0.6 is 0 Å². The number of nitrogens with one attached hydrogen (secondary N) is 2. The van der Waals surface area contributed by atoms with Crippen LogP contribution in [0.15, 0.2) is 42.5 Å². The lowest BCUT2D eigenvalue weighted by Crippen LogP contribution is -2.23. The summed E-state index contributed by atoms with van der Waals surface area (Å²) in [5.74, 6) is -1.42. The van der Waals surface area contributed by atoms with E-state index in [0.29, 0.717) is 36.2 Å². The number of aromatic carboxylic acids is 1. The van der Waals surface area contributed by atoms with Gasteiger partial charge in [-0.15, -0.1) is 0 Å². The number of H-pyrrole nitrogens is 1. The summed E-state index contributed by atoms with van der Waals surface area (Å²) in [6.45, 7) is 3.40. The molecule has 0 radical (unpaired) electrons. The number of rotatable bonds is 7. The minimum Gasteiger partial charge on any atom is -0.476 e. The van der Waals surface area contributed by atoms with Gasteiger partial charge in [-0.2, -0.15) is 5.10 Å². The molecular weight excluding hydrogens is 334 g/mol. The second kappa shape index (κ2) is 7.79. The predicted molar refractivity (Wildman–Crippen MR) is 96.0 cm³/mol. The first-order chi connectivity index (χ1) is 12.6. The maximum absolute atomic E-state index is 12.5. The number of fused-ring (bicyclic) bond motifs is 1. The summed E-state index contributed by atoms with van der Waals surface area (Å²) in [5, 5.41) is 18.8. The molecule has 3 N–H and O–H groups in total. The third-order valence-electron chi connectivity index (χ3n) is 4.05. The van der Waals surface area contributed by atoms with Gasteiger partial charge in [-0.1, -0.05) is 24.3 Å². The average molecular weight is 353 g/mol. The zero-order valence-electron chi connectivity index (χ0n) is 14.3. The SMILES string of the molecule is CCOCc1ccccc1CNC(=O)c1ccc2[nH]nc(C(=O)O)c2c1. The van der Waals surface area contributed by atoms with Crippen molar-refractivity contribution in [3.8, 4) is 0 Å². The van der Waals surface area contributed by atoms with Crippen molar-refractivity contribution in [2.24, 2.45) is 0 Å². The fourth-order valence-electron chi connectivity index (χ4n) is 2.68. The highest BCUT2D eigenvalue weighted by molar-refractivity contribution is 6.04. The summed E-state index contributed by atoms with van der Waals surface area (Å²) in [6.07, 6.45) is 0. The Hall–Kier alpha value is -3.19. The molecule has 0 saturated heterocycles. The monoisotopic (exact) mass is 353 g/mol. The van der Waals surface area contributed by atoms with Crippen molar-refractivity contribution in [2.75, 3.05) is 6.61 Å². The summed E-state index contributed by atoms with van der Waals surface area (Å²) in [7, 11) is 0. The number of carboxylic acid groups (broad SMARTS) is 1. The van der Waals surface area contributed by atoms with E-state index in [4.69, 9.17) is 9.84 Å². The number of hydrogen-bond acceptors (Lipinski definition) is 4. The predicted octanol–water partition coefficient (Wildman–Crippen LogP) is 2.73. The average Bonchev–Trinajstić information content (AvgIpc) is 3.08. The topological polar surface area (TPSA) is 104 Å². The van der Waals surface area contributed by atoms with Gasteiger partial charge in [0.15, 0.2) is 5.69 Å². The Morgan fingerprint density at radius 1 is 1.19 bits per heavy atom. The van der Waals surface area contributed by atoms with Crippen molar-refractivity contribution in [3.05, 3.63) is 64.8 Å². The number of carbonyl (C=O) groups is 2. The van der Waals surface area contributed by atoms with E-state index in [9.17, 15) is 9.59 Å². The fourth-order valence-corrected chi connectivity index (χ4v) is 2.68. The molecule has 0 saturated carbocycles. The van der Waals surface area contributed by atoms with Crippen molar-refractivity contribution >= 4 is 22.8 Å². The minimum absolute atomic E-state index is 0.100. The van der Waals surface area contributed by atoms with E-state index in [1.54, 1.807) is 12.1 Å². The summed E-state index contributed by atoms with van der Waals surface area (Å²) in [6, 6.07) is 12.6. The van der Waals surface area contributed by atoms with E-state index in [1.807, 2.05) is 31.2 Å². The lowest BCUT2D eigenvalue weighted by molar-refractivity contribution is 0.0692. The second-order valence-electron chi connectivity index (χ2n) is 5.73. The first-order valence-corrected chi connectivity index (χ1v) is 8.24. The Morgan fingerprint density at radius 2 is 1.96 bits per heavy atom. The van der Waals surface area contributed by atoms with Crippen molar-refractivity contribution in [3.63, 3.8) is 0 Å². The van der Waals surface area contributed by atoms with Crippen LogP contribution in [-0.2, 0) is 17.9 Å². The summed E-state index contributed by atoms with van der Waals surface area (Å²) < 4.78 is 5.45. The Balaban J connectivity index is 1.76. The second-order valence-corrected chi connectivity index (χ2v) is 5.73. The molecule has 0 spiro atoms. The standard InChI is InChI=1S/C19H19N3O4/c1-2-26-11-14-6-4-3-5-13(14)10-20-18(23)12-7-8-16-15(9-12)17(19(24)25)22-21-16/h3-9H,2,10-11H2,1H3,(H,20,23)(H,21,22)(H,24,25). The van der Waals surface area contributed by atoms with Gasteiger partial charge in [0, 0.05) is 24.1 Å². The molecule has 0 aliphatic heterocycles. The van der Waals surface area contributed by atoms with E-state index in [1.165, 1.54) is 6.07 Å². The molecular formula is C19H19N3O4.